The molecule has 0 bridgehead atoms. The molecule has 8 nitrogen and oxygen atoms in total. The first-order valence-electron chi connectivity index (χ1n) is 7.61. The summed E-state index contributed by atoms with van der Waals surface area (Å²) in [5, 5.41) is 8.46. The lowest BCUT2D eigenvalue weighted by atomic mass is 10.1. The molecule has 0 aliphatic carbocycles. The maximum absolute atomic E-state index is 12.5. The number of primary amides is 1. The lowest BCUT2D eigenvalue weighted by Crippen LogP contribution is -2.39. The highest BCUT2D eigenvalue weighted by atomic mass is 16.5. The maximum Gasteiger partial charge on any atom is 0.272 e. The van der Waals surface area contributed by atoms with E-state index in [2.05, 4.69) is 15.4 Å². The molecule has 2 amide bonds. The Kier molecular flexibility index (Phi) is 4.60. The Hall–Kier alpha value is -3.42. The number of ether oxygens (including phenoxy) is 1. The van der Waals surface area contributed by atoms with Crippen molar-refractivity contribution in [1.82, 2.24) is 4.98 Å². The van der Waals surface area contributed by atoms with Gasteiger partial charge in [0.25, 0.3) is 5.91 Å². The Balaban J connectivity index is 1.84. The summed E-state index contributed by atoms with van der Waals surface area (Å²) in [7, 11) is 1.46. The fraction of sp³-hybridized carbons (Fsp3) is 0.176. The van der Waals surface area contributed by atoms with Gasteiger partial charge in [0, 0.05) is 12.6 Å². The van der Waals surface area contributed by atoms with Crippen LogP contribution in [0.2, 0.25) is 0 Å². The highest BCUT2D eigenvalue weighted by molar-refractivity contribution is 6.44. The number of para-hydroxylation sites is 1. The molecule has 1 aromatic heterocycles. The lowest BCUT2D eigenvalue weighted by Gasteiger charge is -2.20. The van der Waals surface area contributed by atoms with Gasteiger partial charge in [-0.3, -0.25) is 14.6 Å². The van der Waals surface area contributed by atoms with Crippen LogP contribution in [0, 0.1) is 0 Å². The number of amides is 2. The Labute approximate surface area is 144 Å². The molecule has 1 aromatic carbocycles. The van der Waals surface area contributed by atoms with Gasteiger partial charge in [-0.2, -0.15) is 5.10 Å². The predicted molar refractivity (Wildman–Crippen MR) is 93.4 cm³/mol. The number of anilines is 2. The van der Waals surface area contributed by atoms with E-state index >= 15 is 0 Å². The second-order valence-electron chi connectivity index (χ2n) is 5.36. The molecule has 0 spiro atoms. The van der Waals surface area contributed by atoms with E-state index in [1.54, 1.807) is 30.5 Å². The number of hydrazone groups is 1. The number of carbonyl (C=O) groups is 2. The number of pyridine rings is 1. The van der Waals surface area contributed by atoms with Gasteiger partial charge >= 0.3 is 0 Å². The number of benzene rings is 1. The zero-order valence-corrected chi connectivity index (χ0v) is 13.5. The number of carbonyl (C=O) groups excluding carboxylic acids is 2. The number of rotatable bonds is 5. The first-order valence-corrected chi connectivity index (χ1v) is 7.61. The van der Waals surface area contributed by atoms with Crippen LogP contribution < -0.4 is 20.8 Å². The van der Waals surface area contributed by atoms with Crippen molar-refractivity contribution in [3.05, 3.63) is 48.7 Å². The molecule has 8 heteroatoms. The Morgan fingerprint density at radius 1 is 1.24 bits per heavy atom. The van der Waals surface area contributed by atoms with Crippen molar-refractivity contribution in [1.29, 1.82) is 0 Å². The van der Waals surface area contributed by atoms with Crippen molar-refractivity contribution in [2.24, 2.45) is 10.8 Å². The van der Waals surface area contributed by atoms with Gasteiger partial charge in [-0.25, -0.2) is 4.98 Å². The van der Waals surface area contributed by atoms with Gasteiger partial charge in [-0.15, -0.1) is 0 Å². The normalized spacial score (nSPS) is 16.3. The third-order valence-electron chi connectivity index (χ3n) is 3.73. The van der Waals surface area contributed by atoms with Crippen molar-refractivity contribution in [3.8, 4) is 5.88 Å². The molecule has 2 heterocycles. The summed E-state index contributed by atoms with van der Waals surface area (Å²) in [5.74, 6) is -0.689. The average Bonchev–Trinajstić information content (AvgIpc) is 3.09. The van der Waals surface area contributed by atoms with Gasteiger partial charge < -0.3 is 15.8 Å². The smallest absolute Gasteiger partial charge is 0.272 e. The maximum atomic E-state index is 12.5. The lowest BCUT2D eigenvalue weighted by molar-refractivity contribution is -0.119. The molecule has 1 atom stereocenters. The quantitative estimate of drug-likeness (QED) is 0.849. The molecule has 1 aliphatic rings. The van der Waals surface area contributed by atoms with Gasteiger partial charge in [0.05, 0.1) is 12.8 Å². The third kappa shape index (κ3) is 3.42. The summed E-state index contributed by atoms with van der Waals surface area (Å²) in [6, 6.07) is 11.7. The van der Waals surface area contributed by atoms with Crippen LogP contribution in [-0.2, 0) is 9.59 Å². The molecular weight excluding hydrogens is 322 g/mol. The minimum absolute atomic E-state index is 0.124. The Morgan fingerprint density at radius 3 is 2.68 bits per heavy atom. The molecule has 0 radical (unpaired) electrons. The standard InChI is InChI=1S/C17H17N5O3/c1-25-17-12(8-5-9-19-17)20-16(24)13-10-14(15(18)23)22(21-13)11-6-3-2-4-7-11/h2-9,14H,10H2,1H3,(H2,18,23)(H,20,24). The SMILES string of the molecule is COc1ncccc1NC(=O)C1=NN(c2ccccc2)C(C(N)=O)C1. The van der Waals surface area contributed by atoms with E-state index in [0.29, 0.717) is 17.3 Å². The fourth-order valence-electron chi connectivity index (χ4n) is 2.53. The molecular formula is C17H17N5O3. The summed E-state index contributed by atoms with van der Waals surface area (Å²) >= 11 is 0. The first-order chi connectivity index (χ1) is 12.1. The number of aromatic nitrogens is 1. The van der Waals surface area contributed by atoms with Crippen molar-refractivity contribution >= 4 is 28.9 Å². The van der Waals surface area contributed by atoms with E-state index < -0.39 is 17.9 Å². The summed E-state index contributed by atoms with van der Waals surface area (Å²) < 4.78 is 5.11. The third-order valence-corrected chi connectivity index (χ3v) is 3.73. The first kappa shape index (κ1) is 16.4. The minimum Gasteiger partial charge on any atom is -0.480 e. The zero-order chi connectivity index (χ0) is 17.8. The minimum atomic E-state index is -0.709. The molecule has 25 heavy (non-hydrogen) atoms. The summed E-state index contributed by atoms with van der Waals surface area (Å²) in [4.78, 5) is 28.3. The van der Waals surface area contributed by atoms with E-state index in [-0.39, 0.29) is 12.1 Å². The number of nitrogens with two attached hydrogens (primary N) is 1. The highest BCUT2D eigenvalue weighted by Crippen LogP contribution is 2.25. The zero-order valence-electron chi connectivity index (χ0n) is 13.5. The summed E-state index contributed by atoms with van der Waals surface area (Å²) in [6.45, 7) is 0. The van der Waals surface area contributed by atoms with E-state index in [0.717, 1.165) is 0 Å². The van der Waals surface area contributed by atoms with Gasteiger partial charge in [0.1, 0.15) is 17.4 Å². The van der Waals surface area contributed by atoms with Crippen molar-refractivity contribution in [3.63, 3.8) is 0 Å². The second-order valence-corrected chi connectivity index (χ2v) is 5.36. The molecule has 128 valence electrons. The Bertz CT molecular complexity index is 822. The molecule has 2 aromatic rings. The van der Waals surface area contributed by atoms with Gasteiger partial charge in [-0.1, -0.05) is 18.2 Å². The molecule has 0 fully saturated rings. The van der Waals surface area contributed by atoms with Gasteiger partial charge in [-0.05, 0) is 24.3 Å². The van der Waals surface area contributed by atoms with Gasteiger partial charge in [0.2, 0.25) is 11.8 Å². The molecule has 0 saturated carbocycles. The number of hydrogen-bond donors (Lipinski definition) is 2. The van der Waals surface area contributed by atoms with Crippen molar-refractivity contribution in [2.45, 2.75) is 12.5 Å². The molecule has 3 N–H and O–H groups in total. The monoisotopic (exact) mass is 339 g/mol. The van der Waals surface area contributed by atoms with Crippen LogP contribution in [0.15, 0.2) is 53.8 Å². The van der Waals surface area contributed by atoms with Crippen molar-refractivity contribution in [2.75, 3.05) is 17.4 Å². The predicted octanol–water partition coefficient (Wildman–Crippen LogP) is 1.15. The van der Waals surface area contributed by atoms with E-state index in [1.807, 2.05) is 18.2 Å². The van der Waals surface area contributed by atoms with E-state index in [4.69, 9.17) is 10.5 Å². The Morgan fingerprint density at radius 2 is 2.00 bits per heavy atom. The van der Waals surface area contributed by atoms with Crippen LogP contribution in [-0.4, -0.2) is 35.7 Å². The summed E-state index contributed by atoms with van der Waals surface area (Å²) in [5.41, 5.74) is 6.79. The molecule has 1 aliphatic heterocycles. The van der Waals surface area contributed by atoms with Crippen LogP contribution in [0.1, 0.15) is 6.42 Å². The van der Waals surface area contributed by atoms with Crippen LogP contribution in [0.4, 0.5) is 11.4 Å². The van der Waals surface area contributed by atoms with Crippen molar-refractivity contribution < 1.29 is 14.3 Å². The van der Waals surface area contributed by atoms with Crippen LogP contribution in [0.3, 0.4) is 0 Å². The number of nitrogens with one attached hydrogen (secondary N) is 1. The number of nitrogens with zero attached hydrogens (tertiary/aromatic N) is 3. The highest BCUT2D eigenvalue weighted by Gasteiger charge is 2.35. The van der Waals surface area contributed by atoms with Crippen LogP contribution >= 0.6 is 0 Å². The molecule has 0 saturated heterocycles. The fourth-order valence-corrected chi connectivity index (χ4v) is 2.53. The topological polar surface area (TPSA) is 110 Å². The van der Waals surface area contributed by atoms with Crippen LogP contribution in [0.25, 0.3) is 0 Å². The molecule has 1 unspecified atom stereocenters. The van der Waals surface area contributed by atoms with Gasteiger partial charge in [0.15, 0.2) is 0 Å². The van der Waals surface area contributed by atoms with Crippen LogP contribution in [0.5, 0.6) is 5.88 Å². The van der Waals surface area contributed by atoms with E-state index in [9.17, 15) is 9.59 Å². The second kappa shape index (κ2) is 7.00. The average molecular weight is 339 g/mol. The largest absolute Gasteiger partial charge is 0.480 e. The number of methoxy groups -OCH3 is 1. The van der Waals surface area contributed by atoms with E-state index in [1.165, 1.54) is 12.1 Å². The number of hydrogen-bond acceptors (Lipinski definition) is 6. The summed E-state index contributed by atoms with van der Waals surface area (Å²) in [6.07, 6.45) is 1.68. The molecule has 3 rings (SSSR count).